The highest BCUT2D eigenvalue weighted by Crippen LogP contribution is 2.54. The van der Waals surface area contributed by atoms with Crippen molar-refractivity contribution in [1.29, 1.82) is 0 Å². The maximum absolute atomic E-state index is 13.9. The van der Waals surface area contributed by atoms with Gasteiger partial charge in [-0.25, -0.2) is 4.90 Å². The topological polar surface area (TPSA) is 101 Å². The average molecular weight is 460 g/mol. The normalized spacial score (nSPS) is 25.3. The Kier molecular flexibility index (Phi) is 4.76. The molecule has 34 heavy (non-hydrogen) atoms. The van der Waals surface area contributed by atoms with Gasteiger partial charge in [0.25, 0.3) is 5.69 Å². The smallest absolute Gasteiger partial charge is 0.269 e. The summed E-state index contributed by atoms with van der Waals surface area (Å²) >= 11 is 0. The second-order valence-corrected chi connectivity index (χ2v) is 10.2. The summed E-state index contributed by atoms with van der Waals surface area (Å²) in [5, 5.41) is 11.2. The van der Waals surface area contributed by atoms with Gasteiger partial charge in [0, 0.05) is 23.7 Å². The van der Waals surface area contributed by atoms with Crippen molar-refractivity contribution in [3.8, 4) is 0 Å². The number of ketones is 1. The van der Waals surface area contributed by atoms with Crippen LogP contribution in [-0.2, 0) is 14.4 Å². The molecule has 2 aromatic carbocycles. The fourth-order valence-corrected chi connectivity index (χ4v) is 5.54. The molecule has 4 atom stereocenters. The molecule has 3 heterocycles. The first-order chi connectivity index (χ1) is 16.0. The number of Topliss-reactive ketones (excluding diaryl/α,β-unsaturated/α-hetero) is 1. The first-order valence-electron chi connectivity index (χ1n) is 11.2. The van der Waals surface area contributed by atoms with Gasteiger partial charge < -0.3 is 4.90 Å². The quantitative estimate of drug-likeness (QED) is 0.390. The summed E-state index contributed by atoms with van der Waals surface area (Å²) < 4.78 is 0. The van der Waals surface area contributed by atoms with Crippen LogP contribution in [0.4, 0.5) is 11.4 Å². The maximum Gasteiger partial charge on any atom is 0.269 e. The largest absolute Gasteiger partial charge is 0.359 e. The minimum atomic E-state index is -0.838. The third-order valence-corrected chi connectivity index (χ3v) is 7.10. The Hall–Kier alpha value is -3.81. The number of amides is 2. The van der Waals surface area contributed by atoms with Gasteiger partial charge >= 0.3 is 0 Å². The SMILES string of the molecule is Cc1cc([N+](=O)[O-])ccc1N1C(=O)C2C(C1=O)C1c3ccccc3C=CN1C2C(=O)C(C)(C)C. The van der Waals surface area contributed by atoms with Crippen LogP contribution in [0.15, 0.2) is 48.7 Å². The predicted octanol–water partition coefficient (Wildman–Crippen LogP) is 4.03. The summed E-state index contributed by atoms with van der Waals surface area (Å²) in [6.45, 7) is 7.09. The summed E-state index contributed by atoms with van der Waals surface area (Å²) in [5.74, 6) is -2.48. The van der Waals surface area contributed by atoms with Gasteiger partial charge in [0.15, 0.2) is 5.78 Å². The Bertz CT molecular complexity index is 1290. The molecule has 0 saturated carbocycles. The van der Waals surface area contributed by atoms with Crippen LogP contribution in [0.2, 0.25) is 0 Å². The van der Waals surface area contributed by atoms with E-state index >= 15 is 0 Å². The van der Waals surface area contributed by atoms with Gasteiger partial charge in [0.05, 0.1) is 28.5 Å². The number of benzene rings is 2. The van der Waals surface area contributed by atoms with Crippen molar-refractivity contribution in [2.75, 3.05) is 4.90 Å². The van der Waals surface area contributed by atoms with Crippen LogP contribution in [0.1, 0.15) is 43.5 Å². The maximum atomic E-state index is 13.9. The third kappa shape index (κ3) is 3.01. The predicted molar refractivity (Wildman–Crippen MR) is 126 cm³/mol. The van der Waals surface area contributed by atoms with E-state index in [1.807, 2.05) is 62.2 Å². The lowest BCUT2D eigenvalue weighted by atomic mass is 9.79. The lowest BCUT2D eigenvalue weighted by Crippen LogP contribution is -2.47. The monoisotopic (exact) mass is 459 g/mol. The minimum absolute atomic E-state index is 0.0996. The molecule has 2 fully saturated rings. The fourth-order valence-electron chi connectivity index (χ4n) is 5.54. The Morgan fingerprint density at radius 3 is 2.35 bits per heavy atom. The van der Waals surface area contributed by atoms with Crippen molar-refractivity contribution < 1.29 is 19.3 Å². The number of non-ortho nitro benzene ring substituents is 1. The third-order valence-electron chi connectivity index (χ3n) is 7.10. The van der Waals surface area contributed by atoms with Gasteiger partial charge in [-0.1, -0.05) is 45.0 Å². The molecule has 0 radical (unpaired) electrons. The number of fused-ring (bicyclic) bond motifs is 5. The average Bonchev–Trinajstić information content (AvgIpc) is 3.25. The molecule has 5 rings (SSSR count). The summed E-state index contributed by atoms with van der Waals surface area (Å²) in [4.78, 5) is 55.0. The number of nitrogens with zero attached hydrogens (tertiary/aromatic N) is 3. The van der Waals surface area contributed by atoms with Gasteiger partial charge in [0.2, 0.25) is 11.8 Å². The van der Waals surface area contributed by atoms with Gasteiger partial charge in [0.1, 0.15) is 6.04 Å². The number of nitro benzene ring substituents is 1. The van der Waals surface area contributed by atoms with E-state index in [-0.39, 0.29) is 17.4 Å². The highest BCUT2D eigenvalue weighted by atomic mass is 16.6. The van der Waals surface area contributed by atoms with E-state index in [0.717, 1.165) is 16.0 Å². The molecule has 4 unspecified atom stereocenters. The van der Waals surface area contributed by atoms with Crippen LogP contribution in [0.5, 0.6) is 0 Å². The first-order valence-corrected chi connectivity index (χ1v) is 11.2. The van der Waals surface area contributed by atoms with Crippen molar-refractivity contribution >= 4 is 35.0 Å². The molecule has 8 heteroatoms. The number of nitro groups is 1. The summed E-state index contributed by atoms with van der Waals surface area (Å²) in [6.07, 6.45) is 3.75. The molecule has 2 amide bonds. The molecule has 0 aromatic heterocycles. The molecule has 3 aliphatic heterocycles. The Balaban J connectivity index is 1.65. The van der Waals surface area contributed by atoms with Crippen LogP contribution in [0.3, 0.4) is 0 Å². The van der Waals surface area contributed by atoms with E-state index in [1.54, 1.807) is 6.92 Å². The molecular formula is C26H25N3O5. The van der Waals surface area contributed by atoms with E-state index in [2.05, 4.69) is 0 Å². The highest BCUT2D eigenvalue weighted by Gasteiger charge is 2.65. The number of hydrogen-bond acceptors (Lipinski definition) is 6. The van der Waals surface area contributed by atoms with Crippen molar-refractivity contribution in [3.05, 3.63) is 75.5 Å². The van der Waals surface area contributed by atoms with E-state index in [1.165, 1.54) is 18.2 Å². The van der Waals surface area contributed by atoms with Crippen LogP contribution >= 0.6 is 0 Å². The lowest BCUT2D eigenvalue weighted by Gasteiger charge is -2.37. The van der Waals surface area contributed by atoms with E-state index in [9.17, 15) is 24.5 Å². The summed E-state index contributed by atoms with van der Waals surface area (Å²) in [6, 6.07) is 10.6. The molecular weight excluding hydrogens is 434 g/mol. The van der Waals surface area contributed by atoms with Gasteiger partial charge in [-0.3, -0.25) is 24.5 Å². The summed E-state index contributed by atoms with van der Waals surface area (Å²) in [5.41, 5.74) is 1.82. The van der Waals surface area contributed by atoms with Crippen molar-refractivity contribution in [2.24, 2.45) is 17.3 Å². The highest BCUT2D eigenvalue weighted by molar-refractivity contribution is 6.24. The molecule has 0 spiro atoms. The fraction of sp³-hybridized carbons (Fsp3) is 0.346. The number of hydrogen-bond donors (Lipinski definition) is 0. The molecule has 2 saturated heterocycles. The molecule has 8 nitrogen and oxygen atoms in total. The van der Waals surface area contributed by atoms with E-state index < -0.39 is 40.2 Å². The molecule has 174 valence electrons. The zero-order valence-electron chi connectivity index (χ0n) is 19.4. The van der Waals surface area contributed by atoms with Crippen LogP contribution in [-0.4, -0.2) is 33.5 Å². The van der Waals surface area contributed by atoms with Gasteiger partial charge in [-0.2, -0.15) is 0 Å². The van der Waals surface area contributed by atoms with Crippen molar-refractivity contribution in [3.63, 3.8) is 0 Å². The zero-order valence-corrected chi connectivity index (χ0v) is 19.4. The molecule has 0 bridgehead atoms. The summed E-state index contributed by atoms with van der Waals surface area (Å²) in [7, 11) is 0. The Labute approximate surface area is 197 Å². The number of anilines is 1. The molecule has 0 N–H and O–H groups in total. The second kappa shape index (κ2) is 7.35. The first kappa shape index (κ1) is 22.0. The van der Waals surface area contributed by atoms with Crippen LogP contribution in [0.25, 0.3) is 6.08 Å². The minimum Gasteiger partial charge on any atom is -0.359 e. The van der Waals surface area contributed by atoms with Gasteiger partial charge in [-0.15, -0.1) is 0 Å². The molecule has 2 aromatic rings. The number of carbonyl (C=O) groups excluding carboxylic acids is 3. The van der Waals surface area contributed by atoms with Gasteiger partial charge in [-0.05, 0) is 35.8 Å². The standard InChI is InChI=1S/C26H25N3O5/c1-14-13-16(29(33)34)9-10-18(14)28-24(31)19-20(25(28)32)22(23(30)26(2,3)4)27-12-11-15-7-5-6-8-17(15)21(19)27/h5-13,19-22H,1-4H3. The Morgan fingerprint density at radius 1 is 1.03 bits per heavy atom. The lowest BCUT2D eigenvalue weighted by molar-refractivity contribution is -0.384. The van der Waals surface area contributed by atoms with Crippen molar-refractivity contribution in [2.45, 2.75) is 39.8 Å². The number of rotatable bonds is 3. The zero-order chi connectivity index (χ0) is 24.5. The molecule has 0 aliphatic carbocycles. The van der Waals surface area contributed by atoms with Crippen LogP contribution < -0.4 is 4.90 Å². The second-order valence-electron chi connectivity index (χ2n) is 10.2. The van der Waals surface area contributed by atoms with E-state index in [0.29, 0.717) is 11.3 Å². The van der Waals surface area contributed by atoms with Crippen molar-refractivity contribution in [1.82, 2.24) is 4.90 Å². The number of imide groups is 1. The number of carbonyl (C=O) groups is 3. The van der Waals surface area contributed by atoms with Crippen LogP contribution in [0, 0.1) is 34.3 Å². The number of aryl methyl sites for hydroxylation is 1. The Morgan fingerprint density at radius 2 is 1.71 bits per heavy atom. The van der Waals surface area contributed by atoms with E-state index in [4.69, 9.17) is 0 Å². The molecule has 3 aliphatic rings.